The molecule has 0 unspecified atom stereocenters. The SMILES string of the molecule is Cc1nc(CN(C)C2CC2)co1. The van der Waals surface area contributed by atoms with Crippen LogP contribution in [0.2, 0.25) is 0 Å². The van der Waals surface area contributed by atoms with Gasteiger partial charge in [0, 0.05) is 19.5 Å². The Morgan fingerprint density at radius 3 is 2.92 bits per heavy atom. The second-order valence-corrected chi connectivity index (χ2v) is 3.50. The van der Waals surface area contributed by atoms with E-state index in [9.17, 15) is 0 Å². The van der Waals surface area contributed by atoms with Gasteiger partial charge in [-0.05, 0) is 19.9 Å². The molecule has 12 heavy (non-hydrogen) atoms. The molecule has 0 bridgehead atoms. The molecule has 3 nitrogen and oxygen atoms in total. The molecule has 0 radical (unpaired) electrons. The van der Waals surface area contributed by atoms with E-state index in [-0.39, 0.29) is 0 Å². The standard InChI is InChI=1S/C9H14N2O/c1-7-10-8(6-12-7)5-11(2)9-3-4-9/h6,9H,3-5H2,1-2H3. The van der Waals surface area contributed by atoms with Crippen LogP contribution in [0.1, 0.15) is 24.4 Å². The molecule has 1 aliphatic rings. The summed E-state index contributed by atoms with van der Waals surface area (Å²) in [6, 6.07) is 0.794. The van der Waals surface area contributed by atoms with E-state index in [1.54, 1.807) is 6.26 Å². The highest BCUT2D eigenvalue weighted by Gasteiger charge is 2.26. The summed E-state index contributed by atoms with van der Waals surface area (Å²) in [4.78, 5) is 6.58. The molecule has 1 fully saturated rings. The molecule has 1 aromatic heterocycles. The summed E-state index contributed by atoms with van der Waals surface area (Å²) in [6.07, 6.45) is 4.43. The first-order chi connectivity index (χ1) is 5.75. The van der Waals surface area contributed by atoms with Crippen LogP contribution in [0.3, 0.4) is 0 Å². The Hall–Kier alpha value is -0.830. The Balaban J connectivity index is 1.93. The lowest BCUT2D eigenvalue weighted by molar-refractivity contribution is 0.312. The zero-order valence-electron chi connectivity index (χ0n) is 7.58. The van der Waals surface area contributed by atoms with E-state index in [1.807, 2.05) is 6.92 Å². The second-order valence-electron chi connectivity index (χ2n) is 3.50. The van der Waals surface area contributed by atoms with Gasteiger partial charge < -0.3 is 4.42 Å². The zero-order chi connectivity index (χ0) is 8.55. The normalized spacial score (nSPS) is 17.2. The number of hydrogen-bond acceptors (Lipinski definition) is 3. The van der Waals surface area contributed by atoms with Gasteiger partial charge >= 0.3 is 0 Å². The van der Waals surface area contributed by atoms with E-state index in [1.165, 1.54) is 12.8 Å². The molecular weight excluding hydrogens is 152 g/mol. The number of aryl methyl sites for hydroxylation is 1. The summed E-state index contributed by atoms with van der Waals surface area (Å²) in [5.41, 5.74) is 1.04. The highest BCUT2D eigenvalue weighted by atomic mass is 16.3. The van der Waals surface area contributed by atoms with Crippen molar-refractivity contribution in [3.63, 3.8) is 0 Å². The first kappa shape index (κ1) is 7.80. The van der Waals surface area contributed by atoms with Crippen LogP contribution in [0, 0.1) is 6.92 Å². The fraction of sp³-hybridized carbons (Fsp3) is 0.667. The monoisotopic (exact) mass is 166 g/mol. The first-order valence-corrected chi connectivity index (χ1v) is 4.37. The number of nitrogens with zero attached hydrogens (tertiary/aromatic N) is 2. The van der Waals surface area contributed by atoms with E-state index >= 15 is 0 Å². The lowest BCUT2D eigenvalue weighted by Crippen LogP contribution is -2.20. The van der Waals surface area contributed by atoms with Crippen LogP contribution in [0.4, 0.5) is 0 Å². The fourth-order valence-corrected chi connectivity index (χ4v) is 1.38. The maximum Gasteiger partial charge on any atom is 0.191 e. The predicted octanol–water partition coefficient (Wildman–Crippen LogP) is 1.58. The van der Waals surface area contributed by atoms with Gasteiger partial charge in [-0.2, -0.15) is 0 Å². The van der Waals surface area contributed by atoms with Gasteiger partial charge in [0.05, 0.1) is 5.69 Å². The van der Waals surface area contributed by atoms with E-state index < -0.39 is 0 Å². The van der Waals surface area contributed by atoms with Crippen molar-refractivity contribution in [3.8, 4) is 0 Å². The Bertz CT molecular complexity index is 265. The minimum atomic E-state index is 0.759. The van der Waals surface area contributed by atoms with Crippen LogP contribution in [0.5, 0.6) is 0 Å². The molecule has 3 heteroatoms. The molecule has 66 valence electrons. The topological polar surface area (TPSA) is 29.3 Å². The van der Waals surface area contributed by atoms with Crippen LogP contribution in [-0.2, 0) is 6.54 Å². The summed E-state index contributed by atoms with van der Waals surface area (Å²) < 4.78 is 5.13. The van der Waals surface area contributed by atoms with Gasteiger partial charge in [0.25, 0.3) is 0 Å². The Morgan fingerprint density at radius 2 is 2.42 bits per heavy atom. The average Bonchev–Trinajstić information content (AvgIpc) is 2.78. The third-order valence-corrected chi connectivity index (χ3v) is 2.25. The van der Waals surface area contributed by atoms with E-state index in [0.29, 0.717) is 0 Å². The summed E-state index contributed by atoms with van der Waals surface area (Å²) in [6.45, 7) is 2.79. The van der Waals surface area contributed by atoms with Crippen molar-refractivity contribution in [2.75, 3.05) is 7.05 Å². The molecule has 1 saturated carbocycles. The molecule has 1 heterocycles. The van der Waals surface area contributed by atoms with Crippen molar-refractivity contribution in [1.82, 2.24) is 9.88 Å². The number of aromatic nitrogens is 1. The molecular formula is C9H14N2O. The lowest BCUT2D eigenvalue weighted by Gasteiger charge is -2.12. The van der Waals surface area contributed by atoms with Crippen LogP contribution in [0.25, 0.3) is 0 Å². The molecule has 0 aromatic carbocycles. The van der Waals surface area contributed by atoms with E-state index in [0.717, 1.165) is 24.2 Å². The molecule has 2 rings (SSSR count). The van der Waals surface area contributed by atoms with Gasteiger partial charge in [0.2, 0.25) is 0 Å². The van der Waals surface area contributed by atoms with Crippen LogP contribution < -0.4 is 0 Å². The van der Waals surface area contributed by atoms with Crippen molar-refractivity contribution in [1.29, 1.82) is 0 Å². The van der Waals surface area contributed by atoms with E-state index in [2.05, 4.69) is 16.9 Å². The Kier molecular flexibility index (Phi) is 1.89. The van der Waals surface area contributed by atoms with Gasteiger partial charge in [-0.15, -0.1) is 0 Å². The number of rotatable bonds is 3. The summed E-state index contributed by atoms with van der Waals surface area (Å²) in [5, 5.41) is 0. The molecule has 1 aromatic rings. The Labute approximate surface area is 72.4 Å². The fourth-order valence-electron chi connectivity index (χ4n) is 1.38. The molecule has 0 aliphatic heterocycles. The van der Waals surface area contributed by atoms with Gasteiger partial charge in [0.1, 0.15) is 6.26 Å². The summed E-state index contributed by atoms with van der Waals surface area (Å²) in [5.74, 6) is 0.759. The maximum atomic E-state index is 5.13. The van der Waals surface area contributed by atoms with Crippen molar-refractivity contribution in [2.45, 2.75) is 32.4 Å². The van der Waals surface area contributed by atoms with Crippen molar-refractivity contribution in [3.05, 3.63) is 17.8 Å². The largest absolute Gasteiger partial charge is 0.449 e. The van der Waals surface area contributed by atoms with Gasteiger partial charge in [0.15, 0.2) is 5.89 Å². The number of oxazole rings is 1. The van der Waals surface area contributed by atoms with Crippen LogP contribution in [-0.4, -0.2) is 23.0 Å². The van der Waals surface area contributed by atoms with Gasteiger partial charge in [-0.25, -0.2) is 4.98 Å². The third kappa shape index (κ3) is 1.67. The minimum Gasteiger partial charge on any atom is -0.449 e. The molecule has 0 amide bonds. The van der Waals surface area contributed by atoms with Crippen molar-refractivity contribution in [2.24, 2.45) is 0 Å². The van der Waals surface area contributed by atoms with Crippen molar-refractivity contribution >= 4 is 0 Å². The molecule has 0 N–H and O–H groups in total. The third-order valence-electron chi connectivity index (χ3n) is 2.25. The lowest BCUT2D eigenvalue weighted by atomic mass is 10.4. The predicted molar refractivity (Wildman–Crippen MR) is 45.7 cm³/mol. The highest BCUT2D eigenvalue weighted by Crippen LogP contribution is 2.26. The van der Waals surface area contributed by atoms with E-state index in [4.69, 9.17) is 4.42 Å². The molecule has 0 spiro atoms. The first-order valence-electron chi connectivity index (χ1n) is 4.37. The minimum absolute atomic E-state index is 0.759. The summed E-state index contributed by atoms with van der Waals surface area (Å²) >= 11 is 0. The summed E-state index contributed by atoms with van der Waals surface area (Å²) in [7, 11) is 2.14. The molecule has 1 aliphatic carbocycles. The second kappa shape index (κ2) is 2.90. The van der Waals surface area contributed by atoms with Gasteiger partial charge in [-0.3, -0.25) is 4.90 Å². The smallest absolute Gasteiger partial charge is 0.191 e. The van der Waals surface area contributed by atoms with Gasteiger partial charge in [-0.1, -0.05) is 0 Å². The van der Waals surface area contributed by atoms with Crippen LogP contribution >= 0.6 is 0 Å². The number of hydrogen-bond donors (Lipinski definition) is 0. The average molecular weight is 166 g/mol. The Morgan fingerprint density at radius 1 is 1.67 bits per heavy atom. The van der Waals surface area contributed by atoms with Crippen molar-refractivity contribution < 1.29 is 4.42 Å². The maximum absolute atomic E-state index is 5.13. The highest BCUT2D eigenvalue weighted by molar-refractivity contribution is 4.96. The quantitative estimate of drug-likeness (QED) is 0.682. The van der Waals surface area contributed by atoms with Crippen LogP contribution in [0.15, 0.2) is 10.7 Å². The molecule has 0 saturated heterocycles. The zero-order valence-corrected chi connectivity index (χ0v) is 7.58. The molecule has 0 atom stereocenters.